The van der Waals surface area contributed by atoms with Crippen LogP contribution in [-0.4, -0.2) is 23.3 Å². The van der Waals surface area contributed by atoms with Crippen LogP contribution in [0.1, 0.15) is 51.5 Å². The largest absolute Gasteiger partial charge is 0.465 e. The second-order valence-electron chi connectivity index (χ2n) is 6.98. The van der Waals surface area contributed by atoms with Crippen molar-refractivity contribution in [3.05, 3.63) is 46.5 Å². The number of halogens is 1. The molecule has 2 atom stereocenters. The van der Waals surface area contributed by atoms with Gasteiger partial charge in [0, 0.05) is 4.47 Å². The van der Waals surface area contributed by atoms with Gasteiger partial charge < -0.3 is 9.84 Å². The van der Waals surface area contributed by atoms with Gasteiger partial charge in [0.25, 0.3) is 0 Å². The summed E-state index contributed by atoms with van der Waals surface area (Å²) in [5, 5.41) is 11.5. The molecule has 0 unspecified atom stereocenters. The van der Waals surface area contributed by atoms with E-state index in [0.29, 0.717) is 32.3 Å². The Balaban J connectivity index is 2.45. The van der Waals surface area contributed by atoms with Crippen molar-refractivity contribution in [2.24, 2.45) is 5.41 Å². The number of esters is 1. The van der Waals surface area contributed by atoms with Crippen LogP contribution < -0.4 is 0 Å². The van der Waals surface area contributed by atoms with Crippen LogP contribution in [0.3, 0.4) is 0 Å². The van der Waals surface area contributed by atoms with Gasteiger partial charge in [0.1, 0.15) is 5.41 Å². The van der Waals surface area contributed by atoms with Gasteiger partial charge in [-0.1, -0.05) is 46.5 Å². The maximum absolute atomic E-state index is 13.0. The summed E-state index contributed by atoms with van der Waals surface area (Å²) in [6.07, 6.45) is 4.02. The van der Waals surface area contributed by atoms with E-state index in [2.05, 4.69) is 22.5 Å². The smallest absolute Gasteiger partial charge is 0.315 e. The van der Waals surface area contributed by atoms with Gasteiger partial charge in [-0.05, 0) is 57.2 Å². The van der Waals surface area contributed by atoms with Gasteiger partial charge in [0.05, 0.1) is 12.2 Å². The van der Waals surface area contributed by atoms with E-state index in [0.717, 1.165) is 28.5 Å². The lowest BCUT2D eigenvalue weighted by molar-refractivity contribution is -0.183. The van der Waals surface area contributed by atoms with Crippen molar-refractivity contribution < 1.29 is 14.6 Å². The van der Waals surface area contributed by atoms with Gasteiger partial charge in [-0.15, -0.1) is 6.58 Å². The SMILES string of the molecule is C=C(C)C[C@@]1(O)CCCC[C@@]1(Cc1ccc(Br)cc1)C(=O)OCC. The molecule has 24 heavy (non-hydrogen) atoms. The quantitative estimate of drug-likeness (QED) is 0.555. The van der Waals surface area contributed by atoms with E-state index in [1.165, 1.54) is 0 Å². The van der Waals surface area contributed by atoms with Crippen LogP contribution in [0.5, 0.6) is 0 Å². The number of hydrogen-bond acceptors (Lipinski definition) is 3. The number of carbonyl (C=O) groups is 1. The molecule has 3 nitrogen and oxygen atoms in total. The average molecular weight is 395 g/mol. The molecule has 1 aromatic carbocycles. The summed E-state index contributed by atoms with van der Waals surface area (Å²) >= 11 is 3.44. The molecular weight excluding hydrogens is 368 g/mol. The van der Waals surface area contributed by atoms with Crippen molar-refractivity contribution in [2.45, 2.75) is 58.0 Å². The first-order valence-electron chi connectivity index (χ1n) is 8.61. The summed E-state index contributed by atoms with van der Waals surface area (Å²) in [5.41, 5.74) is -0.0815. The summed E-state index contributed by atoms with van der Waals surface area (Å²) in [5.74, 6) is -0.281. The molecular formula is C20H27BrO3. The zero-order valence-corrected chi connectivity index (χ0v) is 16.2. The lowest BCUT2D eigenvalue weighted by Gasteiger charge is -2.49. The van der Waals surface area contributed by atoms with E-state index in [9.17, 15) is 9.90 Å². The fourth-order valence-corrected chi connectivity index (χ4v) is 4.17. The van der Waals surface area contributed by atoms with Gasteiger partial charge in [0.2, 0.25) is 0 Å². The Morgan fingerprint density at radius 3 is 2.50 bits per heavy atom. The van der Waals surface area contributed by atoms with Crippen LogP contribution in [0.15, 0.2) is 40.9 Å². The Morgan fingerprint density at radius 1 is 1.29 bits per heavy atom. The summed E-state index contributed by atoms with van der Waals surface area (Å²) < 4.78 is 6.42. The molecule has 132 valence electrons. The number of benzene rings is 1. The number of rotatable bonds is 6. The number of aliphatic hydroxyl groups is 1. The lowest BCUT2D eigenvalue weighted by Crippen LogP contribution is -2.57. The van der Waals surface area contributed by atoms with Gasteiger partial charge in [-0.2, -0.15) is 0 Å². The van der Waals surface area contributed by atoms with E-state index in [4.69, 9.17) is 4.74 Å². The van der Waals surface area contributed by atoms with E-state index in [1.807, 2.05) is 38.1 Å². The molecule has 0 saturated heterocycles. The minimum absolute atomic E-state index is 0.281. The lowest BCUT2D eigenvalue weighted by atomic mass is 9.58. The Kier molecular flexibility index (Phi) is 6.27. The van der Waals surface area contributed by atoms with Crippen molar-refractivity contribution in [3.8, 4) is 0 Å². The summed E-state index contributed by atoms with van der Waals surface area (Å²) in [6, 6.07) is 7.94. The first kappa shape index (κ1) is 19.2. The number of carbonyl (C=O) groups excluding carboxylic acids is 1. The highest BCUT2D eigenvalue weighted by Crippen LogP contribution is 2.50. The van der Waals surface area contributed by atoms with Crippen LogP contribution in [0, 0.1) is 5.41 Å². The highest BCUT2D eigenvalue weighted by molar-refractivity contribution is 9.10. The van der Waals surface area contributed by atoms with E-state index in [1.54, 1.807) is 0 Å². The molecule has 0 amide bonds. The minimum atomic E-state index is -1.10. The van der Waals surface area contributed by atoms with Crippen molar-refractivity contribution in [2.75, 3.05) is 6.61 Å². The Labute approximate surface area is 153 Å². The Hall–Kier alpha value is -1.13. The van der Waals surface area contributed by atoms with Gasteiger partial charge in [-0.3, -0.25) is 4.79 Å². The number of ether oxygens (including phenoxy) is 1. The third-order valence-corrected chi connectivity index (χ3v) is 5.54. The Bertz CT molecular complexity index is 595. The zero-order valence-electron chi connectivity index (χ0n) is 14.6. The molecule has 1 saturated carbocycles. The molecule has 0 aromatic heterocycles. The molecule has 0 bridgehead atoms. The maximum Gasteiger partial charge on any atom is 0.315 e. The highest BCUT2D eigenvalue weighted by atomic mass is 79.9. The van der Waals surface area contributed by atoms with Gasteiger partial charge in [0.15, 0.2) is 0 Å². The van der Waals surface area contributed by atoms with Crippen molar-refractivity contribution >= 4 is 21.9 Å². The predicted octanol–water partition coefficient (Wildman–Crippen LogP) is 4.81. The Morgan fingerprint density at radius 2 is 1.92 bits per heavy atom. The van der Waals surface area contributed by atoms with Gasteiger partial charge >= 0.3 is 5.97 Å². The third-order valence-electron chi connectivity index (χ3n) is 5.01. The van der Waals surface area contributed by atoms with Crippen LogP contribution in [0.4, 0.5) is 0 Å². The third kappa shape index (κ3) is 3.92. The second-order valence-corrected chi connectivity index (χ2v) is 7.89. The fourth-order valence-electron chi connectivity index (χ4n) is 3.91. The molecule has 4 heteroatoms. The normalized spacial score (nSPS) is 26.8. The first-order chi connectivity index (χ1) is 11.3. The molecule has 1 aliphatic rings. The molecule has 0 radical (unpaired) electrons. The van der Waals surface area contributed by atoms with Crippen molar-refractivity contribution in [3.63, 3.8) is 0 Å². The van der Waals surface area contributed by atoms with Crippen LogP contribution in [-0.2, 0) is 16.0 Å². The topological polar surface area (TPSA) is 46.5 Å². The zero-order chi connectivity index (χ0) is 17.8. The minimum Gasteiger partial charge on any atom is -0.465 e. The standard InChI is InChI=1S/C20H27BrO3/c1-4-24-18(22)19(14-16-7-9-17(21)10-8-16)11-5-6-12-20(19,23)13-15(2)3/h7-10,23H,2,4-6,11-14H2,1,3H3/t19-,20+/m1/s1. The summed E-state index contributed by atoms with van der Waals surface area (Å²) in [6.45, 7) is 8.01. The first-order valence-corrected chi connectivity index (χ1v) is 9.41. The molecule has 1 N–H and O–H groups in total. The monoisotopic (exact) mass is 394 g/mol. The van der Waals surface area contributed by atoms with Crippen molar-refractivity contribution in [1.29, 1.82) is 0 Å². The summed E-state index contributed by atoms with van der Waals surface area (Å²) in [4.78, 5) is 13.0. The van der Waals surface area contributed by atoms with Crippen LogP contribution in [0.25, 0.3) is 0 Å². The van der Waals surface area contributed by atoms with E-state index >= 15 is 0 Å². The molecule has 0 aliphatic heterocycles. The van der Waals surface area contributed by atoms with Crippen LogP contribution in [0.2, 0.25) is 0 Å². The fraction of sp³-hybridized carbons (Fsp3) is 0.550. The van der Waals surface area contributed by atoms with E-state index in [-0.39, 0.29) is 5.97 Å². The van der Waals surface area contributed by atoms with Gasteiger partial charge in [-0.25, -0.2) is 0 Å². The molecule has 1 aliphatic carbocycles. The molecule has 0 spiro atoms. The maximum atomic E-state index is 13.0. The summed E-state index contributed by atoms with van der Waals surface area (Å²) in [7, 11) is 0. The number of hydrogen-bond donors (Lipinski definition) is 1. The predicted molar refractivity (Wildman–Crippen MR) is 99.8 cm³/mol. The molecule has 0 heterocycles. The van der Waals surface area contributed by atoms with Crippen molar-refractivity contribution in [1.82, 2.24) is 0 Å². The molecule has 2 rings (SSSR count). The average Bonchev–Trinajstić information content (AvgIpc) is 2.51. The molecule has 1 fully saturated rings. The second kappa shape index (κ2) is 7.83. The van der Waals surface area contributed by atoms with E-state index < -0.39 is 11.0 Å². The molecule has 1 aromatic rings. The highest BCUT2D eigenvalue weighted by Gasteiger charge is 2.57. The van der Waals surface area contributed by atoms with Crippen LogP contribution >= 0.6 is 15.9 Å².